The molecule has 7 heteroatoms. The van der Waals surface area contributed by atoms with Crippen molar-refractivity contribution in [3.8, 4) is 0 Å². The van der Waals surface area contributed by atoms with Crippen molar-refractivity contribution in [2.24, 2.45) is 40.2 Å². The zero-order valence-corrected chi connectivity index (χ0v) is 21.4. The van der Waals surface area contributed by atoms with E-state index < -0.39 is 5.91 Å². The molecule has 7 nitrogen and oxygen atoms in total. The molecule has 3 amide bonds. The van der Waals surface area contributed by atoms with E-state index in [1.54, 1.807) is 12.1 Å². The summed E-state index contributed by atoms with van der Waals surface area (Å²) in [7, 11) is 1.96. The van der Waals surface area contributed by atoms with Gasteiger partial charge in [0.2, 0.25) is 17.7 Å². The molecule has 3 N–H and O–H groups in total. The number of nitrogens with one attached hydrogen (secondary N) is 1. The molecule has 1 aliphatic heterocycles. The molecule has 1 aromatic rings. The maximum absolute atomic E-state index is 13.0. The van der Waals surface area contributed by atoms with Gasteiger partial charge < -0.3 is 16.0 Å². The number of anilines is 1. The molecule has 3 aliphatic carbocycles. The topological polar surface area (TPSA) is 105 Å². The molecule has 0 bridgehead atoms. The maximum Gasteiger partial charge on any atom is 0.250 e. The van der Waals surface area contributed by atoms with Crippen LogP contribution in [0.5, 0.6) is 0 Å². The second kappa shape index (κ2) is 8.45. The summed E-state index contributed by atoms with van der Waals surface area (Å²) in [6.45, 7) is 7.07. The minimum absolute atomic E-state index is 0.0142. The molecule has 1 aromatic heterocycles. The monoisotopic (exact) mass is 478 g/mol. The Labute approximate surface area is 207 Å². The first-order chi connectivity index (χ1) is 16.5. The Morgan fingerprint density at radius 2 is 1.94 bits per heavy atom. The van der Waals surface area contributed by atoms with Crippen molar-refractivity contribution in [2.45, 2.75) is 72.1 Å². The average Bonchev–Trinajstić information content (AvgIpc) is 3.13. The third-order valence-corrected chi connectivity index (χ3v) is 10.3. The zero-order valence-electron chi connectivity index (χ0n) is 21.4. The number of nitrogens with two attached hydrogens (primary N) is 1. The zero-order chi connectivity index (χ0) is 25.1. The Hall–Kier alpha value is -2.70. The van der Waals surface area contributed by atoms with E-state index in [0.717, 1.165) is 25.7 Å². The minimum atomic E-state index is -0.531. The van der Waals surface area contributed by atoms with Gasteiger partial charge in [0.1, 0.15) is 5.82 Å². The summed E-state index contributed by atoms with van der Waals surface area (Å²) in [5, 5.41) is 2.92. The summed E-state index contributed by atoms with van der Waals surface area (Å²) in [6, 6.07) is 3.22. The van der Waals surface area contributed by atoms with Crippen LogP contribution in [0, 0.1) is 34.5 Å². The van der Waals surface area contributed by atoms with E-state index in [1.807, 2.05) is 11.9 Å². The van der Waals surface area contributed by atoms with Crippen LogP contribution in [-0.4, -0.2) is 34.7 Å². The third kappa shape index (κ3) is 3.78. The number of carbonyl (C=O) groups is 3. The highest BCUT2D eigenvalue weighted by molar-refractivity contribution is 5.93. The smallest absolute Gasteiger partial charge is 0.250 e. The molecule has 0 spiro atoms. The molecule has 5 rings (SSSR count). The molecule has 2 saturated carbocycles. The summed E-state index contributed by atoms with van der Waals surface area (Å²) in [4.78, 5) is 42.8. The molecule has 2 heterocycles. The Kier molecular flexibility index (Phi) is 5.80. The molecule has 0 radical (unpaired) electrons. The fourth-order valence-electron chi connectivity index (χ4n) is 8.58. The van der Waals surface area contributed by atoms with Gasteiger partial charge >= 0.3 is 0 Å². The van der Waals surface area contributed by atoms with Crippen LogP contribution in [0.3, 0.4) is 0 Å². The number of amides is 3. The predicted molar refractivity (Wildman–Crippen MR) is 134 cm³/mol. The van der Waals surface area contributed by atoms with Crippen molar-refractivity contribution in [1.82, 2.24) is 9.88 Å². The van der Waals surface area contributed by atoms with Gasteiger partial charge in [0.05, 0.1) is 5.56 Å². The highest BCUT2D eigenvalue weighted by Gasteiger charge is 2.60. The molecule has 2 unspecified atom stereocenters. The first kappa shape index (κ1) is 24.0. The molecule has 188 valence electrons. The number of likely N-dealkylation sites (tertiary alicyclic amines) is 1. The normalized spacial score (nSPS) is 36.3. The van der Waals surface area contributed by atoms with E-state index in [1.165, 1.54) is 30.3 Å². The van der Waals surface area contributed by atoms with Gasteiger partial charge in [-0.25, -0.2) is 4.98 Å². The van der Waals surface area contributed by atoms with E-state index in [2.05, 4.69) is 31.1 Å². The van der Waals surface area contributed by atoms with Crippen LogP contribution in [0.25, 0.3) is 0 Å². The lowest BCUT2D eigenvalue weighted by Gasteiger charge is -2.59. The molecule has 4 aliphatic rings. The van der Waals surface area contributed by atoms with Crippen LogP contribution in [0.4, 0.5) is 5.82 Å². The molecule has 0 aromatic carbocycles. The fourth-order valence-corrected chi connectivity index (χ4v) is 8.58. The number of carbonyl (C=O) groups excluding carboxylic acids is 3. The number of rotatable bonds is 4. The van der Waals surface area contributed by atoms with Gasteiger partial charge in [-0.3, -0.25) is 14.4 Å². The summed E-state index contributed by atoms with van der Waals surface area (Å²) in [5.41, 5.74) is 8.52. The van der Waals surface area contributed by atoms with Gasteiger partial charge in [-0.1, -0.05) is 19.4 Å². The summed E-state index contributed by atoms with van der Waals surface area (Å²) in [6.07, 6.45) is 9.14. The van der Waals surface area contributed by atoms with Gasteiger partial charge in [-0.2, -0.15) is 0 Å². The summed E-state index contributed by atoms with van der Waals surface area (Å²) < 4.78 is 0. The molecular weight excluding hydrogens is 440 g/mol. The standard InChI is InChI=1S/C28H38N4O3/c1-16-13-19-20-7-6-18(14-23(33)31-22-8-5-17(15-30-22)26(29)35)27(20,2)11-9-21(19)28(3)12-10-24(34)32(4)25(16)28/h5,8,15,18-21H,6-7,9-14H2,1-4H3,(H2,29,35)(H,30,31,33)/t18-,19?,20+,21?,27-,28-/m1/s1. The fraction of sp³-hybridized carbons (Fsp3) is 0.643. The number of pyridine rings is 1. The molecular formula is C28H38N4O3. The van der Waals surface area contributed by atoms with Crippen molar-refractivity contribution < 1.29 is 14.4 Å². The van der Waals surface area contributed by atoms with Crippen LogP contribution in [0.1, 0.15) is 82.5 Å². The number of nitrogens with zero attached hydrogens (tertiary/aromatic N) is 2. The highest BCUT2D eigenvalue weighted by Crippen LogP contribution is 2.67. The van der Waals surface area contributed by atoms with E-state index in [4.69, 9.17) is 5.73 Å². The second-order valence-corrected chi connectivity index (χ2v) is 11.9. The lowest BCUT2D eigenvalue weighted by atomic mass is 9.48. The van der Waals surface area contributed by atoms with Crippen LogP contribution in [0.2, 0.25) is 0 Å². The van der Waals surface area contributed by atoms with Gasteiger partial charge in [0.15, 0.2) is 0 Å². The van der Waals surface area contributed by atoms with Crippen LogP contribution >= 0.6 is 0 Å². The second-order valence-electron chi connectivity index (χ2n) is 11.9. The lowest BCUT2D eigenvalue weighted by Crippen LogP contribution is -2.54. The summed E-state index contributed by atoms with van der Waals surface area (Å²) >= 11 is 0. The van der Waals surface area contributed by atoms with Crippen molar-refractivity contribution in [3.05, 3.63) is 35.2 Å². The molecule has 6 atom stereocenters. The van der Waals surface area contributed by atoms with Gasteiger partial charge in [0.25, 0.3) is 0 Å². The maximum atomic E-state index is 13.0. The van der Waals surface area contributed by atoms with Gasteiger partial charge in [-0.15, -0.1) is 0 Å². The Morgan fingerprint density at radius 3 is 2.63 bits per heavy atom. The first-order valence-corrected chi connectivity index (χ1v) is 13.1. The minimum Gasteiger partial charge on any atom is -0.366 e. The van der Waals surface area contributed by atoms with Crippen LogP contribution < -0.4 is 11.1 Å². The van der Waals surface area contributed by atoms with Crippen molar-refractivity contribution in [3.63, 3.8) is 0 Å². The van der Waals surface area contributed by atoms with Crippen LogP contribution in [0.15, 0.2) is 29.6 Å². The number of piperidine rings is 1. The predicted octanol–water partition coefficient (Wildman–Crippen LogP) is 4.50. The van der Waals surface area contributed by atoms with Gasteiger partial charge in [0, 0.05) is 37.2 Å². The van der Waals surface area contributed by atoms with Gasteiger partial charge in [-0.05, 0) is 86.7 Å². The van der Waals surface area contributed by atoms with E-state index in [9.17, 15) is 14.4 Å². The highest BCUT2D eigenvalue weighted by atomic mass is 16.2. The quantitative estimate of drug-likeness (QED) is 0.664. The van der Waals surface area contributed by atoms with Crippen molar-refractivity contribution in [1.29, 1.82) is 0 Å². The Bertz CT molecular complexity index is 1100. The SMILES string of the molecule is CC1=C2N(C)C(=O)CC[C@]2(C)C2CC[C@]3(C)[C@@H](CC(=O)Nc4ccc(C(N)=O)cn4)CC[C@H]3C2C1. The number of allylic oxidation sites excluding steroid dienone is 2. The van der Waals surface area contributed by atoms with E-state index >= 15 is 0 Å². The third-order valence-electron chi connectivity index (χ3n) is 10.3. The number of hydrogen-bond acceptors (Lipinski definition) is 4. The average molecular weight is 479 g/mol. The largest absolute Gasteiger partial charge is 0.366 e. The molecule has 35 heavy (non-hydrogen) atoms. The van der Waals surface area contributed by atoms with Crippen molar-refractivity contribution in [2.75, 3.05) is 12.4 Å². The first-order valence-electron chi connectivity index (χ1n) is 13.1. The number of hydrogen-bond donors (Lipinski definition) is 2. The summed E-state index contributed by atoms with van der Waals surface area (Å²) in [5.74, 6) is 2.36. The molecule has 1 saturated heterocycles. The van der Waals surface area contributed by atoms with E-state index in [0.29, 0.717) is 47.9 Å². The van der Waals surface area contributed by atoms with E-state index in [-0.39, 0.29) is 22.6 Å². The Morgan fingerprint density at radius 1 is 1.17 bits per heavy atom. The number of fused-ring (bicyclic) bond motifs is 5. The number of primary amides is 1. The lowest BCUT2D eigenvalue weighted by molar-refractivity contribution is -0.136. The number of aromatic nitrogens is 1. The van der Waals surface area contributed by atoms with Crippen LogP contribution in [-0.2, 0) is 9.59 Å². The van der Waals surface area contributed by atoms with Crippen molar-refractivity contribution >= 4 is 23.5 Å². The Balaban J connectivity index is 1.31. The molecule has 3 fully saturated rings.